The smallest absolute Gasteiger partial charge is 0.337 e. The molecule has 0 bridgehead atoms. The van der Waals surface area contributed by atoms with E-state index in [1.54, 1.807) is 36.4 Å². The van der Waals surface area contributed by atoms with Gasteiger partial charge in [-0.15, -0.1) is 0 Å². The third-order valence-corrected chi connectivity index (χ3v) is 5.30. The Morgan fingerprint density at radius 1 is 0.935 bits per heavy atom. The van der Waals surface area contributed by atoms with E-state index in [1.165, 1.54) is 7.11 Å². The molecule has 6 heteroatoms. The average Bonchev–Trinajstić information content (AvgIpc) is 2.79. The highest BCUT2D eigenvalue weighted by Crippen LogP contribution is 2.31. The molecule has 0 saturated heterocycles. The van der Waals surface area contributed by atoms with Gasteiger partial charge in [0.2, 0.25) is 0 Å². The molecule has 0 aliphatic carbocycles. The van der Waals surface area contributed by atoms with Gasteiger partial charge in [-0.05, 0) is 55.0 Å². The Hall–Kier alpha value is -3.70. The minimum absolute atomic E-state index is 0.253. The molecule has 1 amide bonds. The number of nitrogens with one attached hydrogen (secondary N) is 1. The molecule has 4 rings (SSSR count). The van der Waals surface area contributed by atoms with Crippen molar-refractivity contribution in [3.05, 3.63) is 94.5 Å². The van der Waals surface area contributed by atoms with E-state index in [0.717, 1.165) is 27.7 Å². The largest absolute Gasteiger partial charge is 0.465 e. The van der Waals surface area contributed by atoms with Crippen LogP contribution in [0.3, 0.4) is 0 Å². The van der Waals surface area contributed by atoms with Crippen molar-refractivity contribution < 1.29 is 14.3 Å². The fourth-order valence-electron chi connectivity index (χ4n) is 3.49. The normalized spacial score (nSPS) is 10.7. The number of fused-ring (bicyclic) bond motifs is 1. The number of anilines is 1. The molecular weight excluding hydrogens is 412 g/mol. The number of esters is 1. The molecule has 0 radical (unpaired) electrons. The van der Waals surface area contributed by atoms with E-state index < -0.39 is 5.97 Å². The summed E-state index contributed by atoms with van der Waals surface area (Å²) in [5.74, 6) is -0.682. The Kier molecular flexibility index (Phi) is 5.69. The number of pyridine rings is 1. The minimum Gasteiger partial charge on any atom is -0.465 e. The summed E-state index contributed by atoms with van der Waals surface area (Å²) >= 11 is 6.03. The van der Waals surface area contributed by atoms with Crippen molar-refractivity contribution in [2.75, 3.05) is 12.4 Å². The van der Waals surface area contributed by atoms with Crippen molar-refractivity contribution in [3.8, 4) is 11.3 Å². The second kappa shape index (κ2) is 8.58. The molecule has 5 nitrogen and oxygen atoms in total. The van der Waals surface area contributed by atoms with Gasteiger partial charge in [0.15, 0.2) is 0 Å². The first-order chi connectivity index (χ1) is 15.0. The zero-order valence-corrected chi connectivity index (χ0v) is 17.7. The van der Waals surface area contributed by atoms with Crippen LogP contribution in [0.1, 0.15) is 26.3 Å². The van der Waals surface area contributed by atoms with Gasteiger partial charge in [0.1, 0.15) is 0 Å². The van der Waals surface area contributed by atoms with Crippen molar-refractivity contribution >= 4 is 40.1 Å². The lowest BCUT2D eigenvalue weighted by atomic mass is 9.97. The Balaban J connectivity index is 1.77. The molecule has 0 aliphatic heterocycles. The minimum atomic E-state index is -0.429. The molecule has 0 saturated carbocycles. The maximum absolute atomic E-state index is 13.3. The average molecular weight is 431 g/mol. The van der Waals surface area contributed by atoms with E-state index in [2.05, 4.69) is 5.32 Å². The van der Waals surface area contributed by atoms with Crippen LogP contribution < -0.4 is 5.32 Å². The fourth-order valence-corrected chi connectivity index (χ4v) is 3.62. The molecule has 0 atom stereocenters. The lowest BCUT2D eigenvalue weighted by Gasteiger charge is -2.15. The topological polar surface area (TPSA) is 68.3 Å². The highest BCUT2D eigenvalue weighted by atomic mass is 35.5. The number of carbonyl (C=O) groups excluding carboxylic acids is 2. The number of amides is 1. The Labute approximate surface area is 184 Å². The van der Waals surface area contributed by atoms with E-state index in [9.17, 15) is 9.59 Å². The number of aromatic nitrogens is 1. The van der Waals surface area contributed by atoms with E-state index in [4.69, 9.17) is 21.3 Å². The summed E-state index contributed by atoms with van der Waals surface area (Å²) in [7, 11) is 1.33. The lowest BCUT2D eigenvalue weighted by Crippen LogP contribution is -2.15. The molecule has 3 aromatic carbocycles. The number of methoxy groups -OCH3 is 1. The van der Waals surface area contributed by atoms with Crippen LogP contribution in [-0.2, 0) is 4.74 Å². The second-order valence-electron chi connectivity index (χ2n) is 7.01. The molecule has 31 heavy (non-hydrogen) atoms. The van der Waals surface area contributed by atoms with Crippen molar-refractivity contribution in [1.82, 2.24) is 4.98 Å². The number of rotatable bonds is 4. The first-order valence-electron chi connectivity index (χ1n) is 9.63. The van der Waals surface area contributed by atoms with Crippen LogP contribution in [0, 0.1) is 6.92 Å². The molecule has 0 fully saturated rings. The number of carbonyl (C=O) groups is 2. The molecule has 1 N–H and O–H groups in total. The summed E-state index contributed by atoms with van der Waals surface area (Å²) in [6.45, 7) is 1.89. The monoisotopic (exact) mass is 430 g/mol. The van der Waals surface area contributed by atoms with Gasteiger partial charge < -0.3 is 10.1 Å². The summed E-state index contributed by atoms with van der Waals surface area (Å²) in [4.78, 5) is 29.7. The molecule has 0 unspecified atom stereocenters. The number of nitrogens with zero attached hydrogens (tertiary/aromatic N) is 1. The van der Waals surface area contributed by atoms with Crippen LogP contribution in [0.4, 0.5) is 5.69 Å². The van der Waals surface area contributed by atoms with Gasteiger partial charge in [0, 0.05) is 21.7 Å². The molecule has 1 heterocycles. The maximum atomic E-state index is 13.3. The standard InChI is InChI=1S/C25H19ClN2O3/c1-15-22(24(29)27-19-13-9-17(10-14-19)25(30)31-2)20-5-3-4-6-21(20)28-23(15)16-7-11-18(26)12-8-16/h3-14H,1-2H3,(H,27,29). The van der Waals surface area contributed by atoms with Gasteiger partial charge in [0.25, 0.3) is 5.91 Å². The number of halogens is 1. The summed E-state index contributed by atoms with van der Waals surface area (Å²) in [6.07, 6.45) is 0. The summed E-state index contributed by atoms with van der Waals surface area (Å²) < 4.78 is 4.71. The number of para-hydroxylation sites is 1. The van der Waals surface area contributed by atoms with Gasteiger partial charge in [-0.25, -0.2) is 9.78 Å². The van der Waals surface area contributed by atoms with Crippen LogP contribution in [0.2, 0.25) is 5.02 Å². The summed E-state index contributed by atoms with van der Waals surface area (Å²) in [5.41, 5.74) is 4.63. The van der Waals surface area contributed by atoms with Crippen molar-refractivity contribution in [2.45, 2.75) is 6.92 Å². The SMILES string of the molecule is COC(=O)c1ccc(NC(=O)c2c(C)c(-c3ccc(Cl)cc3)nc3ccccc23)cc1. The van der Waals surface area contributed by atoms with Crippen molar-refractivity contribution in [2.24, 2.45) is 0 Å². The van der Waals surface area contributed by atoms with Crippen LogP contribution in [0.25, 0.3) is 22.2 Å². The molecule has 0 aliphatic rings. The quantitative estimate of drug-likeness (QED) is 0.409. The Morgan fingerprint density at radius 2 is 1.61 bits per heavy atom. The number of hydrogen-bond acceptors (Lipinski definition) is 4. The fraction of sp³-hybridized carbons (Fsp3) is 0.0800. The third kappa shape index (κ3) is 4.13. The number of ether oxygens (including phenoxy) is 1. The molecular formula is C25H19ClN2O3. The van der Waals surface area contributed by atoms with Crippen LogP contribution in [0.15, 0.2) is 72.8 Å². The van der Waals surface area contributed by atoms with Gasteiger partial charge >= 0.3 is 5.97 Å². The van der Waals surface area contributed by atoms with E-state index >= 15 is 0 Å². The highest BCUT2D eigenvalue weighted by Gasteiger charge is 2.19. The van der Waals surface area contributed by atoms with Gasteiger partial charge in [-0.3, -0.25) is 4.79 Å². The van der Waals surface area contributed by atoms with Gasteiger partial charge in [-0.1, -0.05) is 41.9 Å². The zero-order chi connectivity index (χ0) is 22.0. The molecule has 4 aromatic rings. The molecule has 0 spiro atoms. The predicted octanol–water partition coefficient (Wildman–Crippen LogP) is 5.90. The van der Waals surface area contributed by atoms with E-state index in [1.807, 2.05) is 43.3 Å². The van der Waals surface area contributed by atoms with Crippen LogP contribution in [-0.4, -0.2) is 24.0 Å². The molecule has 154 valence electrons. The number of benzene rings is 3. The van der Waals surface area contributed by atoms with Gasteiger partial charge in [-0.2, -0.15) is 0 Å². The Bertz CT molecular complexity index is 1280. The predicted molar refractivity (Wildman–Crippen MR) is 123 cm³/mol. The second-order valence-corrected chi connectivity index (χ2v) is 7.44. The molecule has 1 aromatic heterocycles. The first kappa shape index (κ1) is 20.6. The highest BCUT2D eigenvalue weighted by molar-refractivity contribution is 6.30. The summed E-state index contributed by atoms with van der Waals surface area (Å²) in [5, 5.41) is 4.32. The van der Waals surface area contributed by atoms with E-state index in [0.29, 0.717) is 21.8 Å². The third-order valence-electron chi connectivity index (χ3n) is 5.04. The maximum Gasteiger partial charge on any atom is 0.337 e. The van der Waals surface area contributed by atoms with Crippen molar-refractivity contribution in [3.63, 3.8) is 0 Å². The van der Waals surface area contributed by atoms with E-state index in [-0.39, 0.29) is 5.91 Å². The Morgan fingerprint density at radius 3 is 2.29 bits per heavy atom. The van der Waals surface area contributed by atoms with Crippen molar-refractivity contribution in [1.29, 1.82) is 0 Å². The van der Waals surface area contributed by atoms with Crippen LogP contribution >= 0.6 is 11.6 Å². The van der Waals surface area contributed by atoms with Gasteiger partial charge in [0.05, 0.1) is 29.4 Å². The first-order valence-corrected chi connectivity index (χ1v) is 10.0. The lowest BCUT2D eigenvalue weighted by molar-refractivity contribution is 0.0600. The van der Waals surface area contributed by atoms with Crippen LogP contribution in [0.5, 0.6) is 0 Å². The number of hydrogen-bond donors (Lipinski definition) is 1. The summed E-state index contributed by atoms with van der Waals surface area (Å²) in [6, 6.07) is 21.5. The zero-order valence-electron chi connectivity index (χ0n) is 17.0.